The van der Waals surface area contributed by atoms with Gasteiger partial charge in [-0.25, -0.2) is 9.59 Å². The molecule has 0 heterocycles. The molecule has 186 valence electrons. The van der Waals surface area contributed by atoms with Crippen molar-refractivity contribution in [3.8, 4) is 0 Å². The van der Waals surface area contributed by atoms with Crippen LogP contribution in [0, 0.1) is 0 Å². The highest BCUT2D eigenvalue weighted by molar-refractivity contribution is 5.85. The highest BCUT2D eigenvalue weighted by Gasteiger charge is 2.24. The van der Waals surface area contributed by atoms with Crippen LogP contribution in [-0.2, 0) is 19.1 Å². The molecule has 12 N–H and O–H groups in total. The fourth-order valence-electron chi connectivity index (χ4n) is 2.76. The summed E-state index contributed by atoms with van der Waals surface area (Å²) in [4.78, 5) is 46.7. The van der Waals surface area contributed by atoms with Crippen LogP contribution in [0.5, 0.6) is 0 Å². The maximum Gasteiger partial charge on any atom is 0.407 e. The van der Waals surface area contributed by atoms with Gasteiger partial charge < -0.3 is 48.8 Å². The van der Waals surface area contributed by atoms with E-state index in [9.17, 15) is 19.2 Å². The van der Waals surface area contributed by atoms with Crippen LogP contribution < -0.4 is 39.3 Å². The quantitative estimate of drug-likeness (QED) is 0.117. The summed E-state index contributed by atoms with van der Waals surface area (Å²) < 4.78 is 9.87. The van der Waals surface area contributed by atoms with Crippen LogP contribution in [0.2, 0.25) is 0 Å². The first kappa shape index (κ1) is 29.4. The topological polar surface area (TPSA) is 241 Å². The standard InChI is InChI=1S/C19H39N7O6/c20-9-3-1-5-14(12-31-18(24)29)25-17(28)15(6-2-4-10-21)26-19(30)32-11-13(22)7-8-16(23)27/h13-15H,1-12,20-22H2,(H2,23,27)(H2,24,29)(H,25,28)(H,26,30)/t13-,14-,15+/m1/s1. The third-order valence-corrected chi connectivity index (χ3v) is 4.53. The normalized spacial score (nSPS) is 13.5. The molecule has 0 aromatic carbocycles. The molecular formula is C19H39N7O6. The van der Waals surface area contributed by atoms with Gasteiger partial charge in [-0.05, 0) is 51.6 Å². The summed E-state index contributed by atoms with van der Waals surface area (Å²) in [6.45, 7) is 0.709. The fourth-order valence-corrected chi connectivity index (χ4v) is 2.76. The van der Waals surface area contributed by atoms with Gasteiger partial charge in [0.25, 0.3) is 0 Å². The third-order valence-electron chi connectivity index (χ3n) is 4.53. The van der Waals surface area contributed by atoms with Crippen molar-refractivity contribution in [1.29, 1.82) is 0 Å². The Kier molecular flexibility index (Phi) is 16.5. The van der Waals surface area contributed by atoms with Crippen molar-refractivity contribution in [3.05, 3.63) is 0 Å². The monoisotopic (exact) mass is 461 g/mol. The van der Waals surface area contributed by atoms with Crippen LogP contribution in [0.25, 0.3) is 0 Å². The van der Waals surface area contributed by atoms with E-state index in [0.717, 1.165) is 6.42 Å². The molecule has 0 rings (SSSR count). The molecule has 0 bridgehead atoms. The van der Waals surface area contributed by atoms with Crippen LogP contribution in [0.3, 0.4) is 0 Å². The van der Waals surface area contributed by atoms with E-state index in [0.29, 0.717) is 45.2 Å². The number of amides is 4. The van der Waals surface area contributed by atoms with Crippen LogP contribution in [-0.4, -0.2) is 68.4 Å². The average Bonchev–Trinajstić information content (AvgIpc) is 2.73. The van der Waals surface area contributed by atoms with Crippen molar-refractivity contribution < 1.29 is 28.7 Å². The smallest absolute Gasteiger partial charge is 0.407 e. The first-order chi connectivity index (χ1) is 15.2. The molecule has 0 unspecified atom stereocenters. The molecule has 0 aliphatic rings. The molecule has 0 radical (unpaired) electrons. The van der Waals surface area contributed by atoms with E-state index in [2.05, 4.69) is 10.6 Å². The van der Waals surface area contributed by atoms with Crippen LogP contribution >= 0.6 is 0 Å². The van der Waals surface area contributed by atoms with E-state index in [1.165, 1.54) is 0 Å². The predicted octanol–water partition coefficient (Wildman–Crippen LogP) is -1.49. The van der Waals surface area contributed by atoms with Gasteiger partial charge in [0.15, 0.2) is 0 Å². The first-order valence-corrected chi connectivity index (χ1v) is 10.8. The largest absolute Gasteiger partial charge is 0.448 e. The zero-order chi connectivity index (χ0) is 24.4. The summed E-state index contributed by atoms with van der Waals surface area (Å²) in [7, 11) is 0. The van der Waals surface area contributed by atoms with Crippen LogP contribution in [0.4, 0.5) is 9.59 Å². The molecule has 0 fully saturated rings. The maximum absolute atomic E-state index is 12.8. The lowest BCUT2D eigenvalue weighted by Gasteiger charge is -2.23. The summed E-state index contributed by atoms with van der Waals surface area (Å²) in [5, 5.41) is 5.29. The number of nitrogens with two attached hydrogens (primary N) is 5. The number of carbonyl (C=O) groups excluding carboxylic acids is 4. The van der Waals surface area contributed by atoms with Crippen molar-refractivity contribution in [2.45, 2.75) is 69.5 Å². The second-order valence-corrected chi connectivity index (χ2v) is 7.46. The van der Waals surface area contributed by atoms with Crippen molar-refractivity contribution in [2.75, 3.05) is 26.3 Å². The van der Waals surface area contributed by atoms with E-state index in [1.807, 2.05) is 0 Å². The molecule has 0 saturated heterocycles. The van der Waals surface area contributed by atoms with Gasteiger partial charge in [0.2, 0.25) is 11.8 Å². The second kappa shape index (κ2) is 18.0. The minimum absolute atomic E-state index is 0.0786. The maximum atomic E-state index is 12.8. The summed E-state index contributed by atoms with van der Waals surface area (Å²) in [6, 6.07) is -1.93. The Morgan fingerprint density at radius 1 is 0.781 bits per heavy atom. The zero-order valence-corrected chi connectivity index (χ0v) is 18.6. The Morgan fingerprint density at radius 2 is 1.41 bits per heavy atom. The van der Waals surface area contributed by atoms with E-state index in [4.69, 9.17) is 38.1 Å². The Labute approximate surface area is 188 Å². The van der Waals surface area contributed by atoms with Gasteiger partial charge in [-0.15, -0.1) is 0 Å². The fraction of sp³-hybridized carbons (Fsp3) is 0.789. The molecule has 0 aromatic rings. The summed E-state index contributed by atoms with van der Waals surface area (Å²) in [5.74, 6) is -0.953. The minimum Gasteiger partial charge on any atom is -0.448 e. The Bertz CT molecular complexity index is 578. The number of rotatable bonds is 18. The zero-order valence-electron chi connectivity index (χ0n) is 18.6. The van der Waals surface area contributed by atoms with Gasteiger partial charge >= 0.3 is 12.2 Å². The number of primary amides is 2. The van der Waals surface area contributed by atoms with Crippen LogP contribution in [0.15, 0.2) is 0 Å². The minimum atomic E-state index is -0.947. The number of ether oxygens (including phenoxy) is 2. The van der Waals surface area contributed by atoms with Gasteiger partial charge in [-0.2, -0.15) is 0 Å². The van der Waals surface area contributed by atoms with Gasteiger partial charge in [-0.3, -0.25) is 9.59 Å². The van der Waals surface area contributed by atoms with Gasteiger partial charge in [-0.1, -0.05) is 6.42 Å². The van der Waals surface area contributed by atoms with Crippen molar-refractivity contribution in [3.63, 3.8) is 0 Å². The highest BCUT2D eigenvalue weighted by Crippen LogP contribution is 2.06. The van der Waals surface area contributed by atoms with Gasteiger partial charge in [0.05, 0.1) is 6.04 Å². The molecule has 0 aliphatic heterocycles. The lowest BCUT2D eigenvalue weighted by atomic mass is 10.1. The number of carbonyl (C=O) groups is 4. The summed E-state index contributed by atoms with van der Waals surface area (Å²) >= 11 is 0. The molecule has 32 heavy (non-hydrogen) atoms. The average molecular weight is 462 g/mol. The Morgan fingerprint density at radius 3 is 1.97 bits per heavy atom. The van der Waals surface area contributed by atoms with Crippen molar-refractivity contribution in [1.82, 2.24) is 10.6 Å². The molecule has 0 spiro atoms. The lowest BCUT2D eigenvalue weighted by Crippen LogP contribution is -2.51. The number of alkyl carbamates (subject to hydrolysis) is 1. The molecule has 0 saturated carbocycles. The molecule has 13 heteroatoms. The predicted molar refractivity (Wildman–Crippen MR) is 118 cm³/mol. The molecule has 3 atom stereocenters. The van der Waals surface area contributed by atoms with E-state index >= 15 is 0 Å². The number of hydrogen-bond acceptors (Lipinski definition) is 9. The SMILES string of the molecule is NCCCC[C@H](COC(N)=O)NC(=O)[C@H](CCCCN)NC(=O)OC[C@H](N)CCC(N)=O. The van der Waals surface area contributed by atoms with Gasteiger partial charge in [0.1, 0.15) is 19.3 Å². The highest BCUT2D eigenvalue weighted by atomic mass is 16.6. The molecule has 0 aliphatic carbocycles. The molecule has 13 nitrogen and oxygen atoms in total. The molecular weight excluding hydrogens is 422 g/mol. The molecule has 0 aromatic heterocycles. The Hall–Kier alpha value is -2.64. The van der Waals surface area contributed by atoms with E-state index in [1.54, 1.807) is 0 Å². The Balaban J connectivity index is 4.87. The lowest BCUT2D eigenvalue weighted by molar-refractivity contribution is -0.124. The molecule has 4 amide bonds. The van der Waals surface area contributed by atoms with Gasteiger partial charge in [0, 0.05) is 12.5 Å². The van der Waals surface area contributed by atoms with E-state index < -0.39 is 42.1 Å². The van der Waals surface area contributed by atoms with Crippen molar-refractivity contribution in [2.24, 2.45) is 28.7 Å². The number of hydrogen-bond donors (Lipinski definition) is 7. The summed E-state index contributed by atoms with van der Waals surface area (Å²) in [6.07, 6.45) is 2.15. The first-order valence-electron chi connectivity index (χ1n) is 10.8. The number of nitrogens with one attached hydrogen (secondary N) is 2. The third kappa shape index (κ3) is 16.1. The van der Waals surface area contributed by atoms with E-state index in [-0.39, 0.29) is 26.1 Å². The van der Waals surface area contributed by atoms with Crippen LogP contribution in [0.1, 0.15) is 51.4 Å². The summed E-state index contributed by atoms with van der Waals surface area (Å²) in [5.41, 5.74) is 26.9. The second-order valence-electron chi connectivity index (χ2n) is 7.46. The van der Waals surface area contributed by atoms with Crippen molar-refractivity contribution >= 4 is 24.0 Å². The number of unbranched alkanes of at least 4 members (excludes halogenated alkanes) is 2.